The largest absolute Gasteiger partial charge is 0.368 e. The minimum Gasteiger partial charge on any atom is -0.368 e. The average Bonchev–Trinajstić information content (AvgIpc) is 2.79. The van der Waals surface area contributed by atoms with E-state index >= 15 is 0 Å². The van der Waals surface area contributed by atoms with Crippen LogP contribution in [0.1, 0.15) is 20.3 Å². The number of benzene rings is 1. The first kappa shape index (κ1) is 14.9. The van der Waals surface area contributed by atoms with Gasteiger partial charge in [-0.2, -0.15) is 0 Å². The Morgan fingerprint density at radius 3 is 2.80 bits per heavy atom. The van der Waals surface area contributed by atoms with Gasteiger partial charge in [0.2, 0.25) is 5.91 Å². The molecule has 0 aliphatic rings. The lowest BCUT2D eigenvalue weighted by molar-refractivity contribution is -0.120. The molecule has 108 valence electrons. The van der Waals surface area contributed by atoms with Gasteiger partial charge in [0, 0.05) is 22.7 Å². The van der Waals surface area contributed by atoms with Crippen LogP contribution in [-0.2, 0) is 4.79 Å². The van der Waals surface area contributed by atoms with Crippen molar-refractivity contribution in [3.63, 3.8) is 0 Å². The number of aromatic amines is 1. The number of nitrogens with two attached hydrogens (primary N) is 1. The molecule has 4 nitrogen and oxygen atoms in total. The van der Waals surface area contributed by atoms with Crippen molar-refractivity contribution in [2.75, 3.05) is 5.75 Å². The molecule has 0 saturated carbocycles. The van der Waals surface area contributed by atoms with Gasteiger partial charge in [0.1, 0.15) is 0 Å². The molecule has 20 heavy (non-hydrogen) atoms. The highest BCUT2D eigenvalue weighted by molar-refractivity contribution is 7.99. The van der Waals surface area contributed by atoms with Crippen molar-refractivity contribution >= 4 is 28.6 Å². The van der Waals surface area contributed by atoms with Crippen LogP contribution in [0.5, 0.6) is 0 Å². The van der Waals surface area contributed by atoms with Crippen LogP contribution in [0.15, 0.2) is 35.4 Å². The number of aromatic nitrogens is 1. The zero-order chi connectivity index (χ0) is 14.5. The van der Waals surface area contributed by atoms with Gasteiger partial charge < -0.3 is 16.0 Å². The number of para-hydroxylation sites is 1. The lowest BCUT2D eigenvalue weighted by atomic mass is 10.2. The Kier molecular flexibility index (Phi) is 5.09. The Hall–Kier alpha value is -1.46. The third-order valence-corrected chi connectivity index (χ3v) is 4.02. The lowest BCUT2D eigenvalue weighted by Crippen LogP contribution is -2.44. The standard InChI is InChI=1S/C15H21N3OS/c1-10(2)17-13(15(16)19)7-8-20-14-9-11-5-3-4-6-12(11)18-14/h3-6,9-10,13,17-18H,7-8H2,1-2H3,(H2,16,19). The van der Waals surface area contributed by atoms with Crippen molar-refractivity contribution in [2.45, 2.75) is 37.4 Å². The number of nitrogens with one attached hydrogen (secondary N) is 2. The number of thioether (sulfide) groups is 1. The molecule has 2 aromatic rings. The molecule has 5 heteroatoms. The Morgan fingerprint density at radius 1 is 1.40 bits per heavy atom. The van der Waals surface area contributed by atoms with Crippen LogP contribution in [-0.4, -0.2) is 28.7 Å². The molecular formula is C15H21N3OS. The first-order valence-electron chi connectivity index (χ1n) is 6.82. The van der Waals surface area contributed by atoms with Crippen molar-refractivity contribution in [3.05, 3.63) is 30.3 Å². The van der Waals surface area contributed by atoms with E-state index in [-0.39, 0.29) is 18.0 Å². The molecule has 1 atom stereocenters. The van der Waals surface area contributed by atoms with E-state index in [1.165, 1.54) is 5.39 Å². The Labute approximate surface area is 123 Å². The fourth-order valence-corrected chi connectivity index (χ4v) is 3.09. The topological polar surface area (TPSA) is 70.9 Å². The minimum atomic E-state index is -0.282. The molecule has 0 aliphatic heterocycles. The van der Waals surface area contributed by atoms with Crippen molar-refractivity contribution in [3.8, 4) is 0 Å². The lowest BCUT2D eigenvalue weighted by Gasteiger charge is -2.17. The van der Waals surface area contributed by atoms with Gasteiger partial charge in [0.05, 0.1) is 11.1 Å². The van der Waals surface area contributed by atoms with Crippen LogP contribution in [0, 0.1) is 0 Å². The molecular weight excluding hydrogens is 270 g/mol. The zero-order valence-electron chi connectivity index (χ0n) is 11.8. The summed E-state index contributed by atoms with van der Waals surface area (Å²) < 4.78 is 0. The summed E-state index contributed by atoms with van der Waals surface area (Å²) in [6.45, 7) is 4.03. The molecule has 1 aromatic carbocycles. The number of amides is 1. The molecule has 0 spiro atoms. The Balaban J connectivity index is 1.89. The molecule has 0 fully saturated rings. The molecule has 0 radical (unpaired) electrons. The number of H-pyrrole nitrogens is 1. The highest BCUT2D eigenvalue weighted by Gasteiger charge is 2.15. The van der Waals surface area contributed by atoms with E-state index in [0.717, 1.165) is 22.7 Å². The molecule has 0 saturated heterocycles. The van der Waals surface area contributed by atoms with Crippen LogP contribution in [0.2, 0.25) is 0 Å². The average molecular weight is 291 g/mol. The van der Waals surface area contributed by atoms with Gasteiger partial charge in [0.25, 0.3) is 0 Å². The summed E-state index contributed by atoms with van der Waals surface area (Å²) in [5.74, 6) is 0.566. The SMILES string of the molecule is CC(C)NC(CCSc1cc2ccccc2[nH]1)C(N)=O. The fourth-order valence-electron chi connectivity index (χ4n) is 2.12. The summed E-state index contributed by atoms with van der Waals surface area (Å²) in [4.78, 5) is 14.7. The van der Waals surface area contributed by atoms with Gasteiger partial charge in [-0.25, -0.2) is 0 Å². The third-order valence-electron chi connectivity index (χ3n) is 3.05. The summed E-state index contributed by atoms with van der Waals surface area (Å²) in [5.41, 5.74) is 6.55. The molecule has 1 heterocycles. The molecule has 2 rings (SSSR count). The number of carbonyl (C=O) groups excluding carboxylic acids is 1. The number of hydrogen-bond donors (Lipinski definition) is 3. The Bertz CT molecular complexity index is 546. The van der Waals surface area contributed by atoms with Crippen LogP contribution in [0.3, 0.4) is 0 Å². The van der Waals surface area contributed by atoms with Crippen molar-refractivity contribution in [2.24, 2.45) is 5.73 Å². The van der Waals surface area contributed by atoms with Crippen molar-refractivity contribution in [1.29, 1.82) is 0 Å². The molecule has 1 amide bonds. The zero-order valence-corrected chi connectivity index (χ0v) is 12.7. The second-order valence-electron chi connectivity index (χ2n) is 5.13. The van der Waals surface area contributed by atoms with E-state index in [2.05, 4.69) is 28.5 Å². The molecule has 1 unspecified atom stereocenters. The molecule has 0 bridgehead atoms. The third kappa shape index (κ3) is 4.02. The van der Waals surface area contributed by atoms with Gasteiger partial charge in [-0.05, 0) is 18.6 Å². The van der Waals surface area contributed by atoms with Crippen LogP contribution < -0.4 is 11.1 Å². The van der Waals surface area contributed by atoms with E-state index in [9.17, 15) is 4.79 Å². The van der Waals surface area contributed by atoms with Gasteiger partial charge in [0.15, 0.2) is 0 Å². The maximum atomic E-state index is 11.4. The highest BCUT2D eigenvalue weighted by Crippen LogP contribution is 2.23. The Morgan fingerprint density at radius 2 is 2.15 bits per heavy atom. The van der Waals surface area contributed by atoms with E-state index < -0.39 is 0 Å². The second kappa shape index (κ2) is 6.81. The number of primary amides is 1. The van der Waals surface area contributed by atoms with Crippen molar-refractivity contribution < 1.29 is 4.79 Å². The van der Waals surface area contributed by atoms with E-state index in [4.69, 9.17) is 5.73 Å². The maximum absolute atomic E-state index is 11.4. The molecule has 4 N–H and O–H groups in total. The van der Waals surface area contributed by atoms with E-state index in [0.29, 0.717) is 0 Å². The van der Waals surface area contributed by atoms with Crippen LogP contribution in [0.4, 0.5) is 0 Å². The van der Waals surface area contributed by atoms with Gasteiger partial charge in [-0.15, -0.1) is 11.8 Å². The van der Waals surface area contributed by atoms with E-state index in [1.807, 2.05) is 26.0 Å². The second-order valence-corrected chi connectivity index (χ2v) is 6.27. The van der Waals surface area contributed by atoms with Gasteiger partial charge >= 0.3 is 0 Å². The summed E-state index contributed by atoms with van der Waals surface area (Å²) in [5, 5.41) is 5.53. The van der Waals surface area contributed by atoms with E-state index in [1.54, 1.807) is 11.8 Å². The smallest absolute Gasteiger partial charge is 0.234 e. The number of rotatable bonds is 7. The minimum absolute atomic E-state index is 0.255. The highest BCUT2D eigenvalue weighted by atomic mass is 32.2. The first-order valence-corrected chi connectivity index (χ1v) is 7.80. The van der Waals surface area contributed by atoms with Gasteiger partial charge in [-0.1, -0.05) is 32.0 Å². The van der Waals surface area contributed by atoms with Crippen LogP contribution in [0.25, 0.3) is 10.9 Å². The summed E-state index contributed by atoms with van der Waals surface area (Å²) in [6, 6.07) is 10.3. The van der Waals surface area contributed by atoms with Gasteiger partial charge in [-0.3, -0.25) is 4.79 Å². The number of carbonyl (C=O) groups is 1. The summed E-state index contributed by atoms with van der Waals surface area (Å²) in [7, 11) is 0. The summed E-state index contributed by atoms with van der Waals surface area (Å²) in [6.07, 6.45) is 0.730. The molecule has 0 aliphatic carbocycles. The quantitative estimate of drug-likeness (QED) is 0.686. The normalized spacial score (nSPS) is 12.9. The van der Waals surface area contributed by atoms with Crippen molar-refractivity contribution in [1.82, 2.24) is 10.3 Å². The number of fused-ring (bicyclic) bond motifs is 1. The summed E-state index contributed by atoms with van der Waals surface area (Å²) >= 11 is 1.72. The monoisotopic (exact) mass is 291 g/mol. The first-order chi connectivity index (χ1) is 9.56. The fraction of sp³-hybridized carbons (Fsp3) is 0.400. The number of hydrogen-bond acceptors (Lipinski definition) is 3. The predicted octanol–water partition coefficient (Wildman–Crippen LogP) is 2.50. The predicted molar refractivity (Wildman–Crippen MR) is 84.9 cm³/mol. The maximum Gasteiger partial charge on any atom is 0.234 e. The molecule has 1 aromatic heterocycles. The van der Waals surface area contributed by atoms with Crippen LogP contribution >= 0.6 is 11.8 Å².